The van der Waals surface area contributed by atoms with Gasteiger partial charge in [-0.25, -0.2) is 8.42 Å². The molecule has 1 amide bonds. The molecule has 8 heteroatoms. The third kappa shape index (κ3) is 3.78. The highest BCUT2D eigenvalue weighted by Crippen LogP contribution is 2.40. The van der Waals surface area contributed by atoms with Crippen LogP contribution in [0.4, 0.5) is 0 Å². The third-order valence-corrected chi connectivity index (χ3v) is 8.16. The van der Waals surface area contributed by atoms with Gasteiger partial charge >= 0.3 is 0 Å². The Morgan fingerprint density at radius 1 is 1.13 bits per heavy atom. The van der Waals surface area contributed by atoms with Crippen molar-refractivity contribution in [3.8, 4) is 11.5 Å². The Balaban J connectivity index is 1.49. The van der Waals surface area contributed by atoms with Gasteiger partial charge in [-0.3, -0.25) is 4.79 Å². The van der Waals surface area contributed by atoms with Gasteiger partial charge in [0.25, 0.3) is 0 Å². The third-order valence-electron chi connectivity index (χ3n) is 6.33. The minimum atomic E-state index is -3.76. The molecule has 0 aromatic heterocycles. The van der Waals surface area contributed by atoms with Gasteiger partial charge in [-0.1, -0.05) is 24.3 Å². The Morgan fingerprint density at radius 3 is 2.58 bits per heavy atom. The normalized spacial score (nSPS) is 25.0. The Labute approximate surface area is 182 Å². The second kappa shape index (κ2) is 7.53. The van der Waals surface area contributed by atoms with Crippen molar-refractivity contribution in [2.75, 3.05) is 26.7 Å². The predicted octanol–water partition coefficient (Wildman–Crippen LogP) is 2.66. The molecule has 3 aliphatic rings. The lowest BCUT2D eigenvalue weighted by Crippen LogP contribution is -2.49. The number of hydrogen-bond acceptors (Lipinski definition) is 5. The van der Waals surface area contributed by atoms with E-state index in [-0.39, 0.29) is 29.8 Å². The van der Waals surface area contributed by atoms with Crippen LogP contribution in [0.1, 0.15) is 24.8 Å². The number of benzene rings is 2. The number of nitrogens with zero attached hydrogens (tertiary/aromatic N) is 2. The lowest BCUT2D eigenvalue weighted by molar-refractivity contribution is -0.132. The fourth-order valence-corrected chi connectivity index (χ4v) is 6.08. The highest BCUT2D eigenvalue weighted by Gasteiger charge is 2.50. The first-order valence-electron chi connectivity index (χ1n) is 10.6. The number of fused-ring (bicyclic) bond motifs is 1. The number of methoxy groups -OCH3 is 1. The van der Waals surface area contributed by atoms with Gasteiger partial charge in [0.2, 0.25) is 15.9 Å². The summed E-state index contributed by atoms with van der Waals surface area (Å²) in [5.41, 5.74) is 0.110. The quantitative estimate of drug-likeness (QED) is 0.728. The largest absolute Gasteiger partial charge is 0.497 e. The Morgan fingerprint density at radius 2 is 1.87 bits per heavy atom. The van der Waals surface area contributed by atoms with Crippen LogP contribution in [0.3, 0.4) is 0 Å². The summed E-state index contributed by atoms with van der Waals surface area (Å²) in [5, 5.41) is 0. The van der Waals surface area contributed by atoms with E-state index in [1.165, 1.54) is 4.31 Å². The number of sulfonamides is 1. The number of hydrogen-bond donors (Lipinski definition) is 0. The van der Waals surface area contributed by atoms with Crippen LogP contribution >= 0.6 is 0 Å². The molecule has 5 rings (SSSR count). The number of amides is 1. The zero-order valence-electron chi connectivity index (χ0n) is 17.5. The number of rotatable bonds is 4. The fourth-order valence-electron chi connectivity index (χ4n) is 4.47. The van der Waals surface area contributed by atoms with Crippen LogP contribution in [0.15, 0.2) is 53.4 Å². The smallest absolute Gasteiger partial charge is 0.247 e. The zero-order chi connectivity index (χ0) is 21.6. The summed E-state index contributed by atoms with van der Waals surface area (Å²) in [7, 11) is -2.17. The maximum absolute atomic E-state index is 13.6. The zero-order valence-corrected chi connectivity index (χ0v) is 18.3. The van der Waals surface area contributed by atoms with Crippen LogP contribution in [0, 0.1) is 5.92 Å². The molecule has 2 aliphatic heterocycles. The Hall–Kier alpha value is -2.58. The van der Waals surface area contributed by atoms with Gasteiger partial charge in [-0.05, 0) is 42.7 Å². The van der Waals surface area contributed by atoms with Gasteiger partial charge in [0.15, 0.2) is 0 Å². The van der Waals surface area contributed by atoms with Gasteiger partial charge in [0.1, 0.15) is 22.0 Å². The van der Waals surface area contributed by atoms with Gasteiger partial charge in [-0.2, -0.15) is 4.31 Å². The van der Waals surface area contributed by atoms with E-state index < -0.39 is 15.6 Å². The van der Waals surface area contributed by atoms with Crippen molar-refractivity contribution in [2.24, 2.45) is 5.92 Å². The van der Waals surface area contributed by atoms with Gasteiger partial charge < -0.3 is 14.4 Å². The van der Waals surface area contributed by atoms with Crippen molar-refractivity contribution in [3.63, 3.8) is 0 Å². The molecule has 0 bridgehead atoms. The maximum Gasteiger partial charge on any atom is 0.247 e. The SMILES string of the molecule is COc1ccc(CN2C[C@@]3(CCN(C(=O)C4CC4)C3)Oc3ccccc3S2(=O)=O)cc1. The minimum absolute atomic E-state index is 0.132. The van der Waals surface area contributed by atoms with Crippen LogP contribution in [-0.2, 0) is 21.4 Å². The summed E-state index contributed by atoms with van der Waals surface area (Å²) >= 11 is 0. The number of ether oxygens (including phenoxy) is 2. The number of para-hydroxylation sites is 1. The summed E-state index contributed by atoms with van der Waals surface area (Å²) in [6.45, 7) is 1.42. The molecular weight excluding hydrogens is 416 g/mol. The van der Waals surface area contributed by atoms with Crippen LogP contribution in [0.5, 0.6) is 11.5 Å². The first kappa shape index (κ1) is 20.3. The van der Waals surface area contributed by atoms with E-state index >= 15 is 0 Å². The van der Waals surface area contributed by atoms with E-state index in [1.54, 1.807) is 31.4 Å². The van der Waals surface area contributed by atoms with Gasteiger partial charge in [0, 0.05) is 25.4 Å². The van der Waals surface area contributed by atoms with E-state index in [1.807, 2.05) is 29.2 Å². The number of carbonyl (C=O) groups excluding carboxylic acids is 1. The number of likely N-dealkylation sites (tertiary alicyclic amines) is 1. The highest BCUT2D eigenvalue weighted by molar-refractivity contribution is 7.89. The monoisotopic (exact) mass is 442 g/mol. The van der Waals surface area contributed by atoms with Crippen LogP contribution in [-0.4, -0.2) is 55.9 Å². The molecule has 2 aromatic carbocycles. The molecule has 7 nitrogen and oxygen atoms in total. The molecule has 1 aliphatic carbocycles. The molecular formula is C23H26N2O5S. The molecule has 2 fully saturated rings. The molecule has 0 N–H and O–H groups in total. The standard InChI is InChI=1S/C23H26N2O5S/c1-29-19-10-6-17(7-11-19)14-25-16-23(12-13-24(15-23)22(26)18-8-9-18)30-20-4-2-3-5-21(20)31(25,27)28/h2-7,10-11,18H,8-9,12-16H2,1H3/t23-/m0/s1. The van der Waals surface area contributed by atoms with Crippen molar-refractivity contribution in [1.82, 2.24) is 9.21 Å². The van der Waals surface area contributed by atoms with Crippen LogP contribution in [0.2, 0.25) is 0 Å². The molecule has 1 atom stereocenters. The molecule has 1 spiro atoms. The lowest BCUT2D eigenvalue weighted by Gasteiger charge is -2.32. The summed E-state index contributed by atoms with van der Waals surface area (Å²) in [6, 6.07) is 14.2. The fraction of sp³-hybridized carbons (Fsp3) is 0.435. The molecule has 2 aromatic rings. The lowest BCUT2D eigenvalue weighted by atomic mass is 10.0. The van der Waals surface area contributed by atoms with Crippen molar-refractivity contribution >= 4 is 15.9 Å². The average molecular weight is 443 g/mol. The van der Waals surface area contributed by atoms with Crippen molar-refractivity contribution in [1.29, 1.82) is 0 Å². The van der Waals surface area contributed by atoms with Crippen molar-refractivity contribution in [2.45, 2.75) is 36.3 Å². The molecule has 1 saturated heterocycles. The predicted molar refractivity (Wildman–Crippen MR) is 114 cm³/mol. The van der Waals surface area contributed by atoms with E-state index in [2.05, 4.69) is 0 Å². The van der Waals surface area contributed by atoms with E-state index in [9.17, 15) is 13.2 Å². The Kier molecular flexibility index (Phi) is 4.94. The topological polar surface area (TPSA) is 76.2 Å². The molecule has 0 unspecified atom stereocenters. The van der Waals surface area contributed by atoms with Crippen molar-refractivity contribution in [3.05, 3.63) is 54.1 Å². The molecule has 2 heterocycles. The summed E-state index contributed by atoms with van der Waals surface area (Å²) in [4.78, 5) is 14.7. The maximum atomic E-state index is 13.6. The van der Waals surface area contributed by atoms with E-state index in [0.717, 1.165) is 24.2 Å². The summed E-state index contributed by atoms with van der Waals surface area (Å²) in [5.74, 6) is 1.38. The van der Waals surface area contributed by atoms with Crippen LogP contribution < -0.4 is 9.47 Å². The van der Waals surface area contributed by atoms with Crippen molar-refractivity contribution < 1.29 is 22.7 Å². The highest BCUT2D eigenvalue weighted by atomic mass is 32.2. The molecule has 0 radical (unpaired) electrons. The Bertz CT molecular complexity index is 1100. The molecule has 31 heavy (non-hydrogen) atoms. The van der Waals surface area contributed by atoms with Crippen LogP contribution in [0.25, 0.3) is 0 Å². The van der Waals surface area contributed by atoms with E-state index in [0.29, 0.717) is 25.3 Å². The molecule has 1 saturated carbocycles. The summed E-state index contributed by atoms with van der Waals surface area (Å²) < 4.78 is 40.2. The number of carbonyl (C=O) groups is 1. The van der Waals surface area contributed by atoms with E-state index in [4.69, 9.17) is 9.47 Å². The second-order valence-electron chi connectivity index (χ2n) is 8.64. The first-order chi connectivity index (χ1) is 14.9. The minimum Gasteiger partial charge on any atom is -0.497 e. The van der Waals surface area contributed by atoms with Gasteiger partial charge in [0.05, 0.1) is 20.2 Å². The average Bonchev–Trinajstić information content (AvgIpc) is 3.55. The van der Waals surface area contributed by atoms with Gasteiger partial charge in [-0.15, -0.1) is 0 Å². The first-order valence-corrected chi connectivity index (χ1v) is 12.0. The molecule has 164 valence electrons. The second-order valence-corrected chi connectivity index (χ2v) is 10.5. The summed E-state index contributed by atoms with van der Waals surface area (Å²) in [6.07, 6.45) is 2.50.